The number of halogens is 2. The van der Waals surface area contributed by atoms with Gasteiger partial charge in [-0.1, -0.05) is 30.3 Å². The molecule has 4 heterocycles. The highest BCUT2D eigenvalue weighted by Gasteiger charge is 2.39. The highest BCUT2D eigenvalue weighted by atomic mass is 32.2. The van der Waals surface area contributed by atoms with Gasteiger partial charge in [-0.05, 0) is 43.6 Å². The van der Waals surface area contributed by atoms with Crippen molar-refractivity contribution in [2.45, 2.75) is 35.7 Å². The first-order chi connectivity index (χ1) is 17.9. The standard InChI is InChI=1S/C27H28F2N4O3S/c28-19-10-21(14-30-13-19)37(34,35)31-20-15-33(16-20)25-11-23-22(9-18-5-2-1-3-6-18)26(32-7-4-8-32)17-36-27(23)12-24(25)29/h1-3,5-6,10-14,20,22,26,31H,4,7-9,15-17H2. The fourth-order valence-electron chi connectivity index (χ4n) is 5.44. The third-order valence-corrected chi connectivity index (χ3v) is 9.03. The lowest BCUT2D eigenvalue weighted by Crippen LogP contribution is -2.59. The molecule has 10 heteroatoms. The third-order valence-electron chi connectivity index (χ3n) is 7.55. The zero-order valence-corrected chi connectivity index (χ0v) is 21.0. The maximum absolute atomic E-state index is 15.2. The normalized spacial score (nSPS) is 22.1. The van der Waals surface area contributed by atoms with Gasteiger partial charge in [0.05, 0.1) is 24.0 Å². The van der Waals surface area contributed by atoms with E-state index >= 15 is 4.39 Å². The van der Waals surface area contributed by atoms with Crippen LogP contribution in [0.5, 0.6) is 5.75 Å². The van der Waals surface area contributed by atoms with E-state index in [2.05, 4.69) is 26.7 Å². The molecule has 0 bridgehead atoms. The van der Waals surface area contributed by atoms with Crippen molar-refractivity contribution in [1.82, 2.24) is 14.6 Å². The van der Waals surface area contributed by atoms with Crippen molar-refractivity contribution in [3.05, 3.63) is 83.7 Å². The number of benzene rings is 2. The molecule has 3 aliphatic heterocycles. The van der Waals surface area contributed by atoms with Crippen molar-refractivity contribution in [3.8, 4) is 5.75 Å². The quantitative estimate of drug-likeness (QED) is 0.509. The molecule has 2 atom stereocenters. The molecule has 37 heavy (non-hydrogen) atoms. The number of nitrogens with one attached hydrogen (secondary N) is 1. The number of rotatable bonds is 7. The average molecular weight is 527 g/mol. The summed E-state index contributed by atoms with van der Waals surface area (Å²) in [5, 5.41) is 0. The van der Waals surface area contributed by atoms with Gasteiger partial charge >= 0.3 is 0 Å². The molecule has 2 fully saturated rings. The Labute approximate surface area is 215 Å². The Balaban J connectivity index is 1.22. The van der Waals surface area contributed by atoms with E-state index in [0.29, 0.717) is 31.1 Å². The molecule has 0 saturated carbocycles. The molecule has 0 radical (unpaired) electrons. The SMILES string of the molecule is O=S(=O)(NC1CN(c2cc3c(cc2F)OCC(N2CCC2)C3Cc2ccccc2)C1)c1cncc(F)c1. The first-order valence-electron chi connectivity index (χ1n) is 12.5. The molecule has 194 valence electrons. The zero-order valence-electron chi connectivity index (χ0n) is 20.2. The molecule has 0 amide bonds. The van der Waals surface area contributed by atoms with Crippen molar-refractivity contribution in [3.63, 3.8) is 0 Å². The molecule has 1 N–H and O–H groups in total. The number of anilines is 1. The first kappa shape index (κ1) is 24.3. The number of pyridine rings is 1. The van der Waals surface area contributed by atoms with Crippen LogP contribution >= 0.6 is 0 Å². The molecule has 2 unspecified atom stereocenters. The molecule has 0 spiro atoms. The molecule has 2 saturated heterocycles. The summed E-state index contributed by atoms with van der Waals surface area (Å²) in [5.74, 6) is -0.384. The van der Waals surface area contributed by atoms with E-state index in [9.17, 15) is 12.8 Å². The van der Waals surface area contributed by atoms with E-state index in [4.69, 9.17) is 4.74 Å². The van der Waals surface area contributed by atoms with E-state index < -0.39 is 27.7 Å². The van der Waals surface area contributed by atoms with Gasteiger partial charge < -0.3 is 9.64 Å². The first-order valence-corrected chi connectivity index (χ1v) is 14.0. The molecule has 3 aliphatic rings. The van der Waals surface area contributed by atoms with Crippen LogP contribution in [0, 0.1) is 11.6 Å². The lowest BCUT2D eigenvalue weighted by Gasteiger charge is -2.46. The van der Waals surface area contributed by atoms with Crippen LogP contribution in [0.15, 0.2) is 65.8 Å². The second-order valence-electron chi connectivity index (χ2n) is 9.97. The van der Waals surface area contributed by atoms with Crippen molar-refractivity contribution in [1.29, 1.82) is 0 Å². The van der Waals surface area contributed by atoms with Crippen LogP contribution in [-0.2, 0) is 16.4 Å². The van der Waals surface area contributed by atoms with Gasteiger partial charge in [0.1, 0.15) is 28.9 Å². The highest BCUT2D eigenvalue weighted by molar-refractivity contribution is 7.89. The predicted octanol–water partition coefficient (Wildman–Crippen LogP) is 3.32. The van der Waals surface area contributed by atoms with Crippen LogP contribution < -0.4 is 14.4 Å². The summed E-state index contributed by atoms with van der Waals surface area (Å²) in [7, 11) is -3.93. The van der Waals surface area contributed by atoms with Crippen molar-refractivity contribution >= 4 is 15.7 Å². The molecular formula is C27H28F2N4O3S. The van der Waals surface area contributed by atoms with E-state index in [0.717, 1.165) is 43.5 Å². The van der Waals surface area contributed by atoms with E-state index in [1.807, 2.05) is 29.2 Å². The predicted molar refractivity (Wildman–Crippen MR) is 135 cm³/mol. The van der Waals surface area contributed by atoms with Gasteiger partial charge in [-0.15, -0.1) is 0 Å². The minimum atomic E-state index is -3.93. The van der Waals surface area contributed by atoms with Gasteiger partial charge in [0, 0.05) is 36.8 Å². The number of aromatic nitrogens is 1. The van der Waals surface area contributed by atoms with Crippen LogP contribution in [0.3, 0.4) is 0 Å². The largest absolute Gasteiger partial charge is 0.492 e. The van der Waals surface area contributed by atoms with Crippen molar-refractivity contribution in [2.75, 3.05) is 37.7 Å². The molecule has 2 aromatic carbocycles. The lowest BCUT2D eigenvalue weighted by molar-refractivity contribution is 0.0500. The molecule has 6 rings (SSSR count). The summed E-state index contributed by atoms with van der Waals surface area (Å²) in [4.78, 5) is 7.64. The smallest absolute Gasteiger partial charge is 0.242 e. The van der Waals surface area contributed by atoms with Crippen molar-refractivity contribution in [2.24, 2.45) is 0 Å². The number of sulfonamides is 1. The average Bonchev–Trinajstić information content (AvgIpc) is 2.82. The number of hydrogen-bond acceptors (Lipinski definition) is 6. The van der Waals surface area contributed by atoms with Crippen LogP contribution in [0.2, 0.25) is 0 Å². The Morgan fingerprint density at radius 1 is 1.05 bits per heavy atom. The Kier molecular flexibility index (Phi) is 6.34. The summed E-state index contributed by atoms with van der Waals surface area (Å²) < 4.78 is 62.5. The molecule has 1 aromatic heterocycles. The van der Waals surface area contributed by atoms with Crippen LogP contribution in [-0.4, -0.2) is 63.2 Å². The summed E-state index contributed by atoms with van der Waals surface area (Å²) in [6.45, 7) is 3.22. The summed E-state index contributed by atoms with van der Waals surface area (Å²) in [5.41, 5.74) is 2.65. The van der Waals surface area contributed by atoms with Gasteiger partial charge in [0.15, 0.2) is 0 Å². The maximum Gasteiger partial charge on any atom is 0.242 e. The number of likely N-dealkylation sites (tertiary alicyclic amines) is 1. The Hall–Kier alpha value is -3.08. The fourth-order valence-corrected chi connectivity index (χ4v) is 6.63. The van der Waals surface area contributed by atoms with E-state index in [1.165, 1.54) is 18.1 Å². The van der Waals surface area contributed by atoms with Crippen LogP contribution in [0.4, 0.5) is 14.5 Å². The topological polar surface area (TPSA) is 74.8 Å². The zero-order chi connectivity index (χ0) is 25.6. The molecule has 0 aliphatic carbocycles. The highest BCUT2D eigenvalue weighted by Crippen LogP contribution is 2.43. The number of hydrogen-bond donors (Lipinski definition) is 1. The van der Waals surface area contributed by atoms with E-state index in [1.54, 1.807) is 0 Å². The Morgan fingerprint density at radius 3 is 2.54 bits per heavy atom. The minimum absolute atomic E-state index is 0.154. The Morgan fingerprint density at radius 2 is 1.84 bits per heavy atom. The number of nitrogens with zero attached hydrogens (tertiary/aromatic N) is 3. The maximum atomic E-state index is 15.2. The molecule has 3 aromatic rings. The van der Waals surface area contributed by atoms with Crippen LogP contribution in [0.1, 0.15) is 23.5 Å². The lowest BCUT2D eigenvalue weighted by atomic mass is 9.82. The molecular weight excluding hydrogens is 498 g/mol. The van der Waals surface area contributed by atoms with Crippen molar-refractivity contribution < 1.29 is 21.9 Å². The van der Waals surface area contributed by atoms with Crippen LogP contribution in [0.25, 0.3) is 0 Å². The summed E-state index contributed by atoms with van der Waals surface area (Å²) in [6.07, 6.45) is 4.05. The monoisotopic (exact) mass is 526 g/mol. The second-order valence-corrected chi connectivity index (χ2v) is 11.7. The number of ether oxygens (including phenoxy) is 1. The minimum Gasteiger partial charge on any atom is -0.492 e. The summed E-state index contributed by atoms with van der Waals surface area (Å²) >= 11 is 0. The van der Waals surface area contributed by atoms with E-state index in [-0.39, 0.29) is 16.9 Å². The molecule has 7 nitrogen and oxygen atoms in total. The Bertz CT molecular complexity index is 1400. The second kappa shape index (κ2) is 9.66. The number of fused-ring (bicyclic) bond motifs is 1. The fraction of sp³-hybridized carbons (Fsp3) is 0.370. The van der Waals surface area contributed by atoms with Gasteiger partial charge in [-0.3, -0.25) is 9.88 Å². The van der Waals surface area contributed by atoms with Gasteiger partial charge in [0.25, 0.3) is 0 Å². The summed E-state index contributed by atoms with van der Waals surface area (Å²) in [6, 6.07) is 14.4. The van der Waals surface area contributed by atoms with Gasteiger partial charge in [-0.25, -0.2) is 21.9 Å². The third kappa shape index (κ3) is 4.81. The van der Waals surface area contributed by atoms with Gasteiger partial charge in [0.2, 0.25) is 10.0 Å². The van der Waals surface area contributed by atoms with Gasteiger partial charge in [-0.2, -0.15) is 0 Å².